The van der Waals surface area contributed by atoms with Gasteiger partial charge in [0.2, 0.25) is 0 Å². The first-order valence-electron chi connectivity index (χ1n) is 10.4. The van der Waals surface area contributed by atoms with Crippen LogP contribution in [-0.2, 0) is 0 Å². The van der Waals surface area contributed by atoms with E-state index in [1.54, 1.807) is 0 Å². The smallest absolute Gasteiger partial charge is 0.0662 e. The minimum Gasteiger partial charge on any atom is -0.371 e. The third-order valence-corrected chi connectivity index (χ3v) is 5.65. The summed E-state index contributed by atoms with van der Waals surface area (Å²) in [5, 5.41) is 3.24. The molecule has 1 aliphatic rings. The number of aliphatic imine (C=N–C) groups is 1. The van der Waals surface area contributed by atoms with E-state index >= 15 is 0 Å². The Morgan fingerprint density at radius 2 is 2.04 bits per heavy atom. The second kappa shape index (κ2) is 9.70. The van der Waals surface area contributed by atoms with Gasteiger partial charge in [0.1, 0.15) is 0 Å². The Morgan fingerprint density at radius 1 is 1.21 bits per heavy atom. The van der Waals surface area contributed by atoms with Crippen molar-refractivity contribution in [1.82, 2.24) is 5.32 Å². The monoisotopic (exact) mass is 375 g/mol. The maximum absolute atomic E-state index is 4.98. The Morgan fingerprint density at radius 3 is 2.79 bits per heavy atom. The lowest BCUT2D eigenvalue weighted by molar-refractivity contribution is 0.458. The average molecular weight is 376 g/mol. The van der Waals surface area contributed by atoms with Crippen LogP contribution in [0, 0.1) is 12.8 Å². The van der Waals surface area contributed by atoms with Crippen LogP contribution in [0.15, 0.2) is 65.7 Å². The van der Waals surface area contributed by atoms with Gasteiger partial charge in [0.25, 0.3) is 0 Å². The summed E-state index contributed by atoms with van der Waals surface area (Å²) in [4.78, 5) is 7.49. The molecule has 2 aromatic rings. The van der Waals surface area contributed by atoms with Gasteiger partial charge >= 0.3 is 0 Å². The lowest BCUT2D eigenvalue weighted by atomic mass is 9.90. The number of likely N-dealkylation sites (N-methyl/N-ethyl adjacent to an activating group) is 1. The molecule has 148 valence electrons. The van der Waals surface area contributed by atoms with Gasteiger partial charge in [0.05, 0.1) is 5.69 Å². The summed E-state index contributed by atoms with van der Waals surface area (Å²) in [7, 11) is 2.00. The normalized spacial score (nSPS) is 17.6. The molecule has 1 N–H and O–H groups in total. The summed E-state index contributed by atoms with van der Waals surface area (Å²) in [6.45, 7) is 11.7. The number of para-hydroxylation sites is 1. The molecule has 1 aliphatic heterocycles. The van der Waals surface area contributed by atoms with E-state index in [0.717, 1.165) is 37.5 Å². The van der Waals surface area contributed by atoms with Crippen molar-refractivity contribution < 1.29 is 0 Å². The van der Waals surface area contributed by atoms with Crippen LogP contribution < -0.4 is 10.2 Å². The molecule has 0 aliphatic carbocycles. The van der Waals surface area contributed by atoms with Crippen molar-refractivity contribution in [3.05, 3.63) is 71.8 Å². The lowest BCUT2D eigenvalue weighted by Crippen LogP contribution is -2.37. The molecule has 1 fully saturated rings. The molecule has 2 aromatic carbocycles. The maximum atomic E-state index is 4.98. The molecule has 1 heterocycles. The molecule has 0 spiro atoms. The van der Waals surface area contributed by atoms with Crippen LogP contribution >= 0.6 is 0 Å². The van der Waals surface area contributed by atoms with Crippen molar-refractivity contribution in [2.75, 3.05) is 31.6 Å². The van der Waals surface area contributed by atoms with Crippen LogP contribution in [-0.4, -0.2) is 32.4 Å². The number of rotatable bonds is 7. The molecule has 0 aromatic heterocycles. The molecule has 3 rings (SSSR count). The topological polar surface area (TPSA) is 27.6 Å². The lowest BCUT2D eigenvalue weighted by Gasteiger charge is -2.35. The highest BCUT2D eigenvalue weighted by Gasteiger charge is 2.22. The minimum atomic E-state index is 0.566. The van der Waals surface area contributed by atoms with Gasteiger partial charge in [-0.1, -0.05) is 49.4 Å². The first-order chi connectivity index (χ1) is 13.6. The molecule has 3 heteroatoms. The molecule has 0 amide bonds. The SMILES string of the molecule is C=C(CNC)C1CCCN(c2cccc(C(CC)=Nc3ccccc3C)c2)C1. The predicted octanol–water partition coefficient (Wildman–Crippen LogP) is 5.52. The van der Waals surface area contributed by atoms with Crippen LogP contribution in [0.3, 0.4) is 0 Å². The molecule has 1 atom stereocenters. The number of aryl methyl sites for hydroxylation is 1. The average Bonchev–Trinajstić information content (AvgIpc) is 2.73. The standard InChI is InChI=1S/C25H33N3/c1-5-24(27-25-14-7-6-10-19(25)2)21-11-8-13-23(16-21)28-15-9-12-22(18-28)20(3)17-26-4/h6-8,10-11,13-14,16,22,26H,3,5,9,12,15,17-18H2,1-2,4H3. The number of hydrogen-bond acceptors (Lipinski definition) is 3. The van der Waals surface area contributed by atoms with Crippen LogP contribution in [0.25, 0.3) is 0 Å². The van der Waals surface area contributed by atoms with Gasteiger partial charge in [-0.2, -0.15) is 0 Å². The molecular weight excluding hydrogens is 342 g/mol. The van der Waals surface area contributed by atoms with Gasteiger partial charge < -0.3 is 10.2 Å². The van der Waals surface area contributed by atoms with Gasteiger partial charge in [-0.25, -0.2) is 0 Å². The van der Waals surface area contributed by atoms with E-state index in [2.05, 4.69) is 79.2 Å². The van der Waals surface area contributed by atoms with Crippen LogP contribution in [0.4, 0.5) is 11.4 Å². The summed E-state index contributed by atoms with van der Waals surface area (Å²) < 4.78 is 0. The maximum Gasteiger partial charge on any atom is 0.0662 e. The van der Waals surface area contributed by atoms with E-state index < -0.39 is 0 Å². The highest BCUT2D eigenvalue weighted by molar-refractivity contribution is 6.02. The molecule has 3 nitrogen and oxygen atoms in total. The Kier molecular flexibility index (Phi) is 7.05. The van der Waals surface area contributed by atoms with E-state index in [4.69, 9.17) is 4.99 Å². The van der Waals surface area contributed by atoms with Gasteiger partial charge in [-0.05, 0) is 68.5 Å². The fourth-order valence-electron chi connectivity index (χ4n) is 3.98. The van der Waals surface area contributed by atoms with E-state index in [1.165, 1.54) is 35.2 Å². The first-order valence-corrected chi connectivity index (χ1v) is 10.4. The van der Waals surface area contributed by atoms with Gasteiger partial charge in [0, 0.05) is 31.0 Å². The molecule has 28 heavy (non-hydrogen) atoms. The highest BCUT2D eigenvalue weighted by atomic mass is 15.1. The first kappa shape index (κ1) is 20.3. The van der Waals surface area contributed by atoms with Gasteiger partial charge in [0.15, 0.2) is 0 Å². The van der Waals surface area contributed by atoms with Crippen LogP contribution in [0.5, 0.6) is 0 Å². The fourth-order valence-corrected chi connectivity index (χ4v) is 3.98. The van der Waals surface area contributed by atoms with E-state index in [0.29, 0.717) is 5.92 Å². The second-order valence-electron chi connectivity index (χ2n) is 7.72. The predicted molar refractivity (Wildman–Crippen MR) is 122 cm³/mol. The van der Waals surface area contributed by atoms with Crippen molar-refractivity contribution in [2.45, 2.75) is 33.1 Å². The summed E-state index contributed by atoms with van der Waals surface area (Å²) in [5.41, 5.74) is 7.26. The molecule has 0 saturated carbocycles. The third kappa shape index (κ3) is 4.90. The molecule has 1 unspecified atom stereocenters. The highest BCUT2D eigenvalue weighted by Crippen LogP contribution is 2.28. The zero-order chi connectivity index (χ0) is 19.9. The minimum absolute atomic E-state index is 0.566. The number of anilines is 1. The fraction of sp³-hybridized carbons (Fsp3) is 0.400. The second-order valence-corrected chi connectivity index (χ2v) is 7.72. The number of nitrogens with zero attached hydrogens (tertiary/aromatic N) is 2. The Labute approximate surface area is 170 Å². The zero-order valence-electron chi connectivity index (χ0n) is 17.5. The van der Waals surface area contributed by atoms with E-state index in [1.807, 2.05) is 7.05 Å². The summed E-state index contributed by atoms with van der Waals surface area (Å²) in [6, 6.07) is 17.2. The molecule has 0 radical (unpaired) electrons. The molecule has 1 saturated heterocycles. The van der Waals surface area contributed by atoms with Gasteiger partial charge in [-0.15, -0.1) is 0 Å². The van der Waals surface area contributed by atoms with Gasteiger partial charge in [-0.3, -0.25) is 4.99 Å². The van der Waals surface area contributed by atoms with Crippen molar-refractivity contribution in [2.24, 2.45) is 10.9 Å². The van der Waals surface area contributed by atoms with Crippen LogP contribution in [0.2, 0.25) is 0 Å². The molecule has 0 bridgehead atoms. The van der Waals surface area contributed by atoms with E-state index in [-0.39, 0.29) is 0 Å². The third-order valence-electron chi connectivity index (χ3n) is 5.65. The Bertz CT molecular complexity index is 837. The number of piperidine rings is 1. The zero-order valence-corrected chi connectivity index (χ0v) is 17.5. The van der Waals surface area contributed by atoms with Crippen molar-refractivity contribution in [3.63, 3.8) is 0 Å². The number of hydrogen-bond donors (Lipinski definition) is 1. The number of nitrogens with one attached hydrogen (secondary N) is 1. The number of benzene rings is 2. The quantitative estimate of drug-likeness (QED) is 0.510. The van der Waals surface area contributed by atoms with Crippen molar-refractivity contribution in [1.29, 1.82) is 0 Å². The largest absolute Gasteiger partial charge is 0.371 e. The Balaban J connectivity index is 1.83. The summed E-state index contributed by atoms with van der Waals surface area (Å²) >= 11 is 0. The van der Waals surface area contributed by atoms with Crippen LogP contribution in [0.1, 0.15) is 37.3 Å². The molecular formula is C25H33N3. The summed E-state index contributed by atoms with van der Waals surface area (Å²) in [6.07, 6.45) is 3.38. The van der Waals surface area contributed by atoms with Crippen molar-refractivity contribution >= 4 is 17.1 Å². The summed E-state index contributed by atoms with van der Waals surface area (Å²) in [5.74, 6) is 0.566. The van der Waals surface area contributed by atoms with E-state index in [9.17, 15) is 0 Å². The Hall–Kier alpha value is -2.39. The van der Waals surface area contributed by atoms with Crippen molar-refractivity contribution in [3.8, 4) is 0 Å².